The van der Waals surface area contributed by atoms with Crippen molar-refractivity contribution in [2.75, 3.05) is 26.8 Å². The highest BCUT2D eigenvalue weighted by Gasteiger charge is 2.07. The van der Waals surface area contributed by atoms with Crippen LogP contribution in [-0.2, 0) is 16.0 Å². The molecule has 96 valence electrons. The maximum atomic E-state index is 11.5. The molecule has 0 atom stereocenters. The predicted molar refractivity (Wildman–Crippen MR) is 66.6 cm³/mol. The van der Waals surface area contributed by atoms with Crippen LogP contribution in [0.4, 0.5) is 0 Å². The van der Waals surface area contributed by atoms with Crippen molar-refractivity contribution in [1.29, 1.82) is 5.26 Å². The number of pyridine rings is 1. The van der Waals surface area contributed by atoms with Gasteiger partial charge in [-0.05, 0) is 12.1 Å². The summed E-state index contributed by atoms with van der Waals surface area (Å²) in [5.74, 6) is -0.105. The number of rotatable bonds is 7. The van der Waals surface area contributed by atoms with Gasteiger partial charge >= 0.3 is 0 Å². The van der Waals surface area contributed by atoms with Gasteiger partial charge in [0, 0.05) is 31.9 Å². The third-order valence-electron chi connectivity index (χ3n) is 2.44. The van der Waals surface area contributed by atoms with E-state index < -0.39 is 0 Å². The average molecular weight is 247 g/mol. The molecule has 1 aromatic heterocycles. The standard InChI is InChI=1S/C13H17N3O2/c1-16(9-4-7-14)13(17)11-18-10-6-12-5-2-3-8-15-12/h2-3,5,8H,4,6,9-11H2,1H3. The van der Waals surface area contributed by atoms with Gasteiger partial charge < -0.3 is 9.64 Å². The zero-order valence-corrected chi connectivity index (χ0v) is 10.5. The molecular weight excluding hydrogens is 230 g/mol. The maximum Gasteiger partial charge on any atom is 0.248 e. The molecule has 18 heavy (non-hydrogen) atoms. The molecule has 1 heterocycles. The van der Waals surface area contributed by atoms with Crippen LogP contribution in [0.5, 0.6) is 0 Å². The fraction of sp³-hybridized carbons (Fsp3) is 0.462. The molecule has 1 aromatic rings. The molecule has 1 rings (SSSR count). The highest BCUT2D eigenvalue weighted by atomic mass is 16.5. The van der Waals surface area contributed by atoms with Gasteiger partial charge in [-0.25, -0.2) is 0 Å². The smallest absolute Gasteiger partial charge is 0.248 e. The lowest BCUT2D eigenvalue weighted by Crippen LogP contribution is -2.31. The molecule has 0 saturated heterocycles. The molecule has 0 aliphatic heterocycles. The second-order valence-electron chi connectivity index (χ2n) is 3.85. The first-order valence-electron chi connectivity index (χ1n) is 5.82. The SMILES string of the molecule is CN(CCC#N)C(=O)COCCc1ccccn1. The highest BCUT2D eigenvalue weighted by Crippen LogP contribution is 1.96. The first-order valence-corrected chi connectivity index (χ1v) is 5.82. The van der Waals surface area contributed by atoms with E-state index in [0.29, 0.717) is 26.0 Å². The van der Waals surface area contributed by atoms with E-state index in [-0.39, 0.29) is 12.5 Å². The summed E-state index contributed by atoms with van der Waals surface area (Å²) in [5, 5.41) is 8.41. The summed E-state index contributed by atoms with van der Waals surface area (Å²) < 4.78 is 5.29. The molecule has 0 aliphatic rings. The molecule has 0 bridgehead atoms. The van der Waals surface area contributed by atoms with E-state index in [1.165, 1.54) is 4.90 Å². The Morgan fingerprint density at radius 3 is 3.06 bits per heavy atom. The van der Waals surface area contributed by atoms with Crippen LogP contribution in [0.25, 0.3) is 0 Å². The van der Waals surface area contributed by atoms with Gasteiger partial charge in [0.25, 0.3) is 0 Å². The zero-order chi connectivity index (χ0) is 13.2. The van der Waals surface area contributed by atoms with Crippen molar-refractivity contribution in [3.05, 3.63) is 30.1 Å². The lowest BCUT2D eigenvalue weighted by Gasteiger charge is -2.15. The Morgan fingerprint density at radius 2 is 2.39 bits per heavy atom. The van der Waals surface area contributed by atoms with Gasteiger partial charge in [0.2, 0.25) is 5.91 Å². The second-order valence-corrected chi connectivity index (χ2v) is 3.85. The van der Waals surface area contributed by atoms with Gasteiger partial charge in [-0.3, -0.25) is 9.78 Å². The number of nitriles is 1. The molecule has 0 spiro atoms. The quantitative estimate of drug-likeness (QED) is 0.674. The first-order chi connectivity index (χ1) is 8.74. The van der Waals surface area contributed by atoms with Crippen LogP contribution in [-0.4, -0.2) is 42.6 Å². The Kier molecular flexibility index (Phi) is 6.44. The molecule has 5 heteroatoms. The third kappa shape index (κ3) is 5.41. The fourth-order valence-corrected chi connectivity index (χ4v) is 1.33. The summed E-state index contributed by atoms with van der Waals surface area (Å²) in [6.07, 6.45) is 2.77. The summed E-state index contributed by atoms with van der Waals surface area (Å²) in [6, 6.07) is 7.70. The van der Waals surface area contributed by atoms with E-state index in [1.807, 2.05) is 24.3 Å². The van der Waals surface area contributed by atoms with E-state index in [9.17, 15) is 4.79 Å². The summed E-state index contributed by atoms with van der Waals surface area (Å²) in [4.78, 5) is 17.2. The fourth-order valence-electron chi connectivity index (χ4n) is 1.33. The molecule has 0 N–H and O–H groups in total. The molecule has 0 unspecified atom stereocenters. The van der Waals surface area contributed by atoms with Gasteiger partial charge in [0.1, 0.15) is 6.61 Å². The van der Waals surface area contributed by atoms with E-state index in [4.69, 9.17) is 10.00 Å². The minimum absolute atomic E-state index is 0.0504. The molecule has 0 aliphatic carbocycles. The van der Waals surface area contributed by atoms with Gasteiger partial charge in [-0.2, -0.15) is 5.26 Å². The van der Waals surface area contributed by atoms with Crippen molar-refractivity contribution in [1.82, 2.24) is 9.88 Å². The number of ether oxygens (including phenoxy) is 1. The summed E-state index contributed by atoms with van der Waals surface area (Å²) in [5.41, 5.74) is 0.947. The molecule has 5 nitrogen and oxygen atoms in total. The maximum absolute atomic E-state index is 11.5. The zero-order valence-electron chi connectivity index (χ0n) is 10.5. The average Bonchev–Trinajstić information content (AvgIpc) is 2.41. The van der Waals surface area contributed by atoms with Crippen LogP contribution in [0, 0.1) is 11.3 Å². The van der Waals surface area contributed by atoms with Gasteiger partial charge in [-0.1, -0.05) is 6.07 Å². The van der Waals surface area contributed by atoms with E-state index in [0.717, 1.165) is 5.69 Å². The molecule has 0 saturated carbocycles. The lowest BCUT2D eigenvalue weighted by molar-refractivity contribution is -0.134. The van der Waals surface area contributed by atoms with Crippen molar-refractivity contribution in [3.63, 3.8) is 0 Å². The summed E-state index contributed by atoms with van der Waals surface area (Å²) in [7, 11) is 1.67. The van der Waals surface area contributed by atoms with Crippen molar-refractivity contribution >= 4 is 5.91 Å². The Labute approximate surface area is 107 Å². The Bertz CT molecular complexity index is 400. The summed E-state index contributed by atoms with van der Waals surface area (Å²) in [6.45, 7) is 0.961. The molecule has 1 amide bonds. The van der Waals surface area contributed by atoms with Gasteiger partial charge in [0.05, 0.1) is 19.1 Å². The summed E-state index contributed by atoms with van der Waals surface area (Å²) >= 11 is 0. The number of likely N-dealkylation sites (N-methyl/N-ethyl adjacent to an activating group) is 1. The van der Waals surface area contributed by atoms with Crippen molar-refractivity contribution in [2.45, 2.75) is 12.8 Å². The van der Waals surface area contributed by atoms with Crippen LogP contribution >= 0.6 is 0 Å². The number of hydrogen-bond donors (Lipinski definition) is 0. The molecule has 0 aromatic carbocycles. The number of hydrogen-bond acceptors (Lipinski definition) is 4. The molecule has 0 fully saturated rings. The number of carbonyl (C=O) groups excluding carboxylic acids is 1. The number of amides is 1. The molecule has 0 radical (unpaired) electrons. The van der Waals surface area contributed by atoms with E-state index >= 15 is 0 Å². The second kappa shape index (κ2) is 8.20. The van der Waals surface area contributed by atoms with Crippen LogP contribution in [0.2, 0.25) is 0 Å². The first kappa shape index (κ1) is 14.1. The minimum Gasteiger partial charge on any atom is -0.371 e. The monoisotopic (exact) mass is 247 g/mol. The van der Waals surface area contributed by atoms with Gasteiger partial charge in [-0.15, -0.1) is 0 Å². The van der Waals surface area contributed by atoms with Crippen molar-refractivity contribution < 1.29 is 9.53 Å². The van der Waals surface area contributed by atoms with Gasteiger partial charge in [0.15, 0.2) is 0 Å². The highest BCUT2D eigenvalue weighted by molar-refractivity contribution is 5.77. The van der Waals surface area contributed by atoms with Crippen LogP contribution < -0.4 is 0 Å². The van der Waals surface area contributed by atoms with Crippen LogP contribution in [0.1, 0.15) is 12.1 Å². The normalized spacial score (nSPS) is 9.78. The number of aromatic nitrogens is 1. The van der Waals surface area contributed by atoms with Crippen LogP contribution in [0.15, 0.2) is 24.4 Å². The van der Waals surface area contributed by atoms with E-state index in [1.54, 1.807) is 13.2 Å². The van der Waals surface area contributed by atoms with Crippen molar-refractivity contribution in [2.24, 2.45) is 0 Å². The van der Waals surface area contributed by atoms with Crippen LogP contribution in [0.3, 0.4) is 0 Å². The largest absolute Gasteiger partial charge is 0.371 e. The Morgan fingerprint density at radius 1 is 1.56 bits per heavy atom. The minimum atomic E-state index is -0.105. The Hall–Kier alpha value is -1.93. The lowest BCUT2D eigenvalue weighted by atomic mass is 10.3. The van der Waals surface area contributed by atoms with Crippen molar-refractivity contribution in [3.8, 4) is 6.07 Å². The third-order valence-corrected chi connectivity index (χ3v) is 2.44. The number of carbonyl (C=O) groups is 1. The topological polar surface area (TPSA) is 66.2 Å². The van der Waals surface area contributed by atoms with E-state index in [2.05, 4.69) is 4.98 Å². The predicted octanol–water partition coefficient (Wildman–Crippen LogP) is 1.01. The Balaban J connectivity index is 2.14. The number of nitrogens with zero attached hydrogens (tertiary/aromatic N) is 3. The molecular formula is C13H17N3O2.